The van der Waals surface area contributed by atoms with E-state index in [-0.39, 0.29) is 5.91 Å². The molecular formula is C16H20F2N2O. The van der Waals surface area contributed by atoms with E-state index in [2.05, 4.69) is 5.32 Å². The maximum Gasteiger partial charge on any atom is 0.227 e. The summed E-state index contributed by atoms with van der Waals surface area (Å²) in [5.41, 5.74) is 1.27. The molecule has 1 N–H and O–H groups in total. The molecule has 1 saturated heterocycles. The van der Waals surface area contributed by atoms with Crippen molar-refractivity contribution in [3.63, 3.8) is 0 Å². The zero-order valence-electron chi connectivity index (χ0n) is 12.0. The average Bonchev–Trinajstić information content (AvgIpc) is 2.89. The predicted molar refractivity (Wildman–Crippen MR) is 77.2 cm³/mol. The molecule has 1 fully saturated rings. The largest absolute Gasteiger partial charge is 0.317 e. The van der Waals surface area contributed by atoms with Crippen molar-refractivity contribution >= 4 is 11.6 Å². The quantitative estimate of drug-likeness (QED) is 0.929. The van der Waals surface area contributed by atoms with Gasteiger partial charge in [0, 0.05) is 24.7 Å². The smallest absolute Gasteiger partial charge is 0.227 e. The number of rotatable bonds is 3. The summed E-state index contributed by atoms with van der Waals surface area (Å²) in [6, 6.07) is 2.37. The lowest BCUT2D eigenvalue weighted by Gasteiger charge is -2.23. The molecule has 1 aromatic carbocycles. The van der Waals surface area contributed by atoms with Gasteiger partial charge >= 0.3 is 0 Å². The Kier molecular flexibility index (Phi) is 4.19. The van der Waals surface area contributed by atoms with Gasteiger partial charge in [-0.25, -0.2) is 8.78 Å². The summed E-state index contributed by atoms with van der Waals surface area (Å²) >= 11 is 0. The van der Waals surface area contributed by atoms with Gasteiger partial charge in [0.1, 0.15) is 0 Å². The SMILES string of the molecule is O=C(CCC1CCNCC1)N1CCc2cc(F)c(F)cc21. The molecule has 0 spiro atoms. The minimum Gasteiger partial charge on any atom is -0.317 e. The number of amides is 1. The molecule has 0 unspecified atom stereocenters. The van der Waals surface area contributed by atoms with Crippen LogP contribution in [-0.2, 0) is 11.2 Å². The fourth-order valence-corrected chi connectivity index (χ4v) is 3.27. The Hall–Kier alpha value is -1.49. The number of carbonyl (C=O) groups excluding carboxylic acids is 1. The monoisotopic (exact) mass is 294 g/mol. The minimum atomic E-state index is -0.883. The summed E-state index contributed by atoms with van der Waals surface area (Å²) in [6.07, 6.45) is 4.21. The van der Waals surface area contributed by atoms with Crippen molar-refractivity contribution in [1.82, 2.24) is 5.32 Å². The normalized spacial score (nSPS) is 18.9. The molecule has 2 heterocycles. The van der Waals surface area contributed by atoms with E-state index in [0.29, 0.717) is 31.0 Å². The van der Waals surface area contributed by atoms with Gasteiger partial charge in [0.15, 0.2) is 11.6 Å². The number of anilines is 1. The summed E-state index contributed by atoms with van der Waals surface area (Å²) in [7, 11) is 0. The van der Waals surface area contributed by atoms with Crippen LogP contribution < -0.4 is 10.2 Å². The van der Waals surface area contributed by atoms with Gasteiger partial charge in [0.2, 0.25) is 5.91 Å². The first-order valence-electron chi connectivity index (χ1n) is 7.64. The van der Waals surface area contributed by atoms with Gasteiger partial charge in [-0.3, -0.25) is 4.79 Å². The number of halogens is 2. The fourth-order valence-electron chi connectivity index (χ4n) is 3.27. The van der Waals surface area contributed by atoms with E-state index in [0.717, 1.165) is 44.0 Å². The molecule has 2 aliphatic rings. The van der Waals surface area contributed by atoms with Crippen molar-refractivity contribution in [1.29, 1.82) is 0 Å². The Labute approximate surface area is 123 Å². The van der Waals surface area contributed by atoms with Gasteiger partial charge in [-0.2, -0.15) is 0 Å². The van der Waals surface area contributed by atoms with E-state index >= 15 is 0 Å². The molecule has 0 radical (unpaired) electrons. The van der Waals surface area contributed by atoms with Gasteiger partial charge in [-0.05, 0) is 56.3 Å². The van der Waals surface area contributed by atoms with Crippen LogP contribution in [-0.4, -0.2) is 25.5 Å². The summed E-state index contributed by atoms with van der Waals surface area (Å²) in [5, 5.41) is 3.31. The molecule has 0 atom stereocenters. The first kappa shape index (κ1) is 14.4. The number of benzene rings is 1. The first-order valence-corrected chi connectivity index (χ1v) is 7.64. The Morgan fingerprint density at radius 3 is 2.71 bits per heavy atom. The lowest BCUT2D eigenvalue weighted by atomic mass is 9.93. The van der Waals surface area contributed by atoms with Crippen LogP contribution in [0.15, 0.2) is 12.1 Å². The number of nitrogens with one attached hydrogen (secondary N) is 1. The molecule has 3 nitrogen and oxygen atoms in total. The number of fused-ring (bicyclic) bond motifs is 1. The first-order chi connectivity index (χ1) is 10.1. The van der Waals surface area contributed by atoms with Crippen LogP contribution in [0.1, 0.15) is 31.2 Å². The predicted octanol–water partition coefficient (Wildman–Crippen LogP) is 2.63. The van der Waals surface area contributed by atoms with Gasteiger partial charge in [0.05, 0.1) is 0 Å². The Morgan fingerprint density at radius 2 is 1.95 bits per heavy atom. The Balaban J connectivity index is 1.63. The van der Waals surface area contributed by atoms with Crippen molar-refractivity contribution in [3.8, 4) is 0 Å². The van der Waals surface area contributed by atoms with Crippen LogP contribution >= 0.6 is 0 Å². The molecule has 0 aromatic heterocycles. The zero-order valence-corrected chi connectivity index (χ0v) is 12.0. The molecule has 1 amide bonds. The minimum absolute atomic E-state index is 0.0262. The second-order valence-corrected chi connectivity index (χ2v) is 5.92. The van der Waals surface area contributed by atoms with Gasteiger partial charge in [0.25, 0.3) is 0 Å². The molecule has 0 aliphatic carbocycles. The van der Waals surface area contributed by atoms with Crippen LogP contribution in [0.25, 0.3) is 0 Å². The second-order valence-electron chi connectivity index (χ2n) is 5.92. The highest BCUT2D eigenvalue weighted by molar-refractivity contribution is 5.95. The van der Waals surface area contributed by atoms with Crippen LogP contribution in [0.3, 0.4) is 0 Å². The van der Waals surface area contributed by atoms with E-state index < -0.39 is 11.6 Å². The maximum atomic E-state index is 13.4. The highest BCUT2D eigenvalue weighted by Gasteiger charge is 2.27. The molecule has 114 valence electrons. The Morgan fingerprint density at radius 1 is 1.24 bits per heavy atom. The number of hydrogen-bond donors (Lipinski definition) is 1. The topological polar surface area (TPSA) is 32.3 Å². The van der Waals surface area contributed by atoms with Crippen molar-refractivity contribution in [2.45, 2.75) is 32.1 Å². The van der Waals surface area contributed by atoms with Crippen LogP contribution in [0.2, 0.25) is 0 Å². The standard InChI is InChI=1S/C16H20F2N2O/c17-13-9-12-5-8-20(15(12)10-14(13)18)16(21)2-1-11-3-6-19-7-4-11/h9-11,19H,1-8H2. The molecule has 2 aliphatic heterocycles. The average molecular weight is 294 g/mol. The lowest BCUT2D eigenvalue weighted by Crippen LogP contribution is -2.31. The van der Waals surface area contributed by atoms with Gasteiger partial charge in [-0.1, -0.05) is 0 Å². The van der Waals surface area contributed by atoms with Gasteiger partial charge < -0.3 is 10.2 Å². The van der Waals surface area contributed by atoms with Crippen molar-refractivity contribution < 1.29 is 13.6 Å². The maximum absolute atomic E-state index is 13.4. The van der Waals surface area contributed by atoms with Crippen molar-refractivity contribution in [2.24, 2.45) is 5.92 Å². The molecule has 0 bridgehead atoms. The molecule has 21 heavy (non-hydrogen) atoms. The van der Waals surface area contributed by atoms with E-state index in [4.69, 9.17) is 0 Å². The molecule has 1 aromatic rings. The van der Waals surface area contributed by atoms with E-state index in [1.165, 1.54) is 6.07 Å². The van der Waals surface area contributed by atoms with Crippen LogP contribution in [0, 0.1) is 17.6 Å². The number of piperidine rings is 1. The van der Waals surface area contributed by atoms with E-state index in [1.807, 2.05) is 0 Å². The highest BCUT2D eigenvalue weighted by atomic mass is 19.2. The van der Waals surface area contributed by atoms with Gasteiger partial charge in [-0.15, -0.1) is 0 Å². The fraction of sp³-hybridized carbons (Fsp3) is 0.562. The molecule has 0 saturated carbocycles. The van der Waals surface area contributed by atoms with E-state index in [1.54, 1.807) is 4.90 Å². The highest BCUT2D eigenvalue weighted by Crippen LogP contribution is 2.31. The molecule has 5 heteroatoms. The third-order valence-corrected chi connectivity index (χ3v) is 4.54. The van der Waals surface area contributed by atoms with E-state index in [9.17, 15) is 13.6 Å². The zero-order chi connectivity index (χ0) is 14.8. The van der Waals surface area contributed by atoms with Crippen LogP contribution in [0.4, 0.5) is 14.5 Å². The summed E-state index contributed by atoms with van der Waals surface area (Å²) in [4.78, 5) is 14.0. The Bertz CT molecular complexity index is 541. The third kappa shape index (κ3) is 3.07. The van der Waals surface area contributed by atoms with Crippen molar-refractivity contribution in [2.75, 3.05) is 24.5 Å². The summed E-state index contributed by atoms with van der Waals surface area (Å²) in [6.45, 7) is 2.58. The molecule has 3 rings (SSSR count). The molecular weight excluding hydrogens is 274 g/mol. The number of hydrogen-bond acceptors (Lipinski definition) is 2. The van der Waals surface area contributed by atoms with Crippen LogP contribution in [0.5, 0.6) is 0 Å². The third-order valence-electron chi connectivity index (χ3n) is 4.54. The summed E-state index contributed by atoms with van der Waals surface area (Å²) < 4.78 is 26.6. The van der Waals surface area contributed by atoms with Crippen molar-refractivity contribution in [3.05, 3.63) is 29.3 Å². The lowest BCUT2D eigenvalue weighted by molar-refractivity contribution is -0.118. The summed E-state index contributed by atoms with van der Waals surface area (Å²) in [5.74, 6) is -1.09. The number of nitrogens with zero attached hydrogens (tertiary/aromatic N) is 1. The second kappa shape index (κ2) is 6.10. The number of carbonyl (C=O) groups is 1.